The number of likely N-dealkylation sites (tertiary alicyclic amines) is 1. The zero-order valence-corrected chi connectivity index (χ0v) is 25.3. The molecule has 1 aliphatic rings. The number of aryl methyl sites for hydroxylation is 1. The van der Waals surface area contributed by atoms with Gasteiger partial charge < -0.3 is 20.1 Å². The van der Waals surface area contributed by atoms with Crippen LogP contribution in [-0.4, -0.2) is 63.6 Å². The quantitative estimate of drug-likeness (QED) is 0.266. The standard InChI is InChI=1S/C31H34N8O3S/c1-20(2)39-28-21(17-32-31(36-28)34-23-12-10-22(11-13-23)33-24-14-15-37(3)18-24)16-26(30(39)40)29-35-27(19-38(29)4)43(41,42)25-8-6-5-7-9-25/h5-13,16-17,19-20,24,33H,14-15,18H2,1-4H3,(H,32,34,36). The van der Waals surface area contributed by atoms with Crippen molar-refractivity contribution in [2.24, 2.45) is 7.05 Å². The maximum atomic E-state index is 13.8. The van der Waals surface area contributed by atoms with Gasteiger partial charge in [-0.3, -0.25) is 9.36 Å². The molecule has 222 valence electrons. The number of sulfone groups is 1. The molecule has 1 atom stereocenters. The number of imidazole rings is 1. The molecule has 0 spiro atoms. The summed E-state index contributed by atoms with van der Waals surface area (Å²) in [5.41, 5.74) is 2.29. The number of nitrogens with zero attached hydrogens (tertiary/aromatic N) is 6. The van der Waals surface area contributed by atoms with Crippen LogP contribution in [0.5, 0.6) is 0 Å². The summed E-state index contributed by atoms with van der Waals surface area (Å²) < 4.78 is 29.6. The molecule has 12 heteroatoms. The van der Waals surface area contributed by atoms with Gasteiger partial charge in [0, 0.05) is 54.8 Å². The molecule has 0 radical (unpaired) electrons. The smallest absolute Gasteiger partial charge is 0.263 e. The van der Waals surface area contributed by atoms with Crippen molar-refractivity contribution in [1.29, 1.82) is 0 Å². The Kier molecular flexibility index (Phi) is 7.49. The van der Waals surface area contributed by atoms with E-state index in [0.29, 0.717) is 23.0 Å². The average molecular weight is 599 g/mol. The summed E-state index contributed by atoms with van der Waals surface area (Å²) in [5, 5.41) is 7.32. The Morgan fingerprint density at radius 1 is 0.977 bits per heavy atom. The van der Waals surface area contributed by atoms with E-state index in [1.54, 1.807) is 46.6 Å². The first-order valence-electron chi connectivity index (χ1n) is 14.2. The van der Waals surface area contributed by atoms with Gasteiger partial charge in [0.1, 0.15) is 11.5 Å². The van der Waals surface area contributed by atoms with Crippen molar-refractivity contribution in [2.75, 3.05) is 30.8 Å². The third-order valence-electron chi connectivity index (χ3n) is 7.62. The molecule has 0 aliphatic carbocycles. The van der Waals surface area contributed by atoms with Crippen LogP contribution < -0.4 is 16.2 Å². The Hall–Kier alpha value is -4.55. The van der Waals surface area contributed by atoms with Crippen LogP contribution in [0.2, 0.25) is 0 Å². The fourth-order valence-electron chi connectivity index (χ4n) is 5.43. The molecule has 2 N–H and O–H groups in total. The minimum atomic E-state index is -3.86. The van der Waals surface area contributed by atoms with Crippen molar-refractivity contribution in [1.82, 2.24) is 29.0 Å². The van der Waals surface area contributed by atoms with E-state index in [1.165, 1.54) is 18.3 Å². The van der Waals surface area contributed by atoms with Crippen molar-refractivity contribution in [2.45, 2.75) is 42.3 Å². The highest BCUT2D eigenvalue weighted by molar-refractivity contribution is 7.91. The highest BCUT2D eigenvalue weighted by atomic mass is 32.2. The molecule has 1 fully saturated rings. The fourth-order valence-corrected chi connectivity index (χ4v) is 6.69. The number of nitrogens with one attached hydrogen (secondary N) is 2. The van der Waals surface area contributed by atoms with Crippen LogP contribution in [0.4, 0.5) is 17.3 Å². The molecule has 0 saturated carbocycles. The normalized spacial score (nSPS) is 15.8. The molecule has 43 heavy (non-hydrogen) atoms. The van der Waals surface area contributed by atoms with E-state index < -0.39 is 9.84 Å². The number of hydrogen-bond donors (Lipinski definition) is 2. The number of pyridine rings is 1. The third kappa shape index (κ3) is 5.63. The molecule has 11 nitrogen and oxygen atoms in total. The predicted octanol–water partition coefficient (Wildman–Crippen LogP) is 4.47. The van der Waals surface area contributed by atoms with Gasteiger partial charge in [-0.25, -0.2) is 18.4 Å². The van der Waals surface area contributed by atoms with Gasteiger partial charge in [-0.15, -0.1) is 0 Å². The van der Waals surface area contributed by atoms with Crippen molar-refractivity contribution < 1.29 is 8.42 Å². The number of hydrogen-bond acceptors (Lipinski definition) is 9. The molecule has 4 heterocycles. The molecule has 1 aliphatic heterocycles. The van der Waals surface area contributed by atoms with Gasteiger partial charge in [0.2, 0.25) is 15.8 Å². The fraction of sp³-hybridized carbons (Fsp3) is 0.290. The summed E-state index contributed by atoms with van der Waals surface area (Å²) in [6.45, 7) is 5.92. The lowest BCUT2D eigenvalue weighted by Crippen LogP contribution is -2.25. The zero-order chi connectivity index (χ0) is 30.3. The lowest BCUT2D eigenvalue weighted by molar-refractivity contribution is 0.414. The van der Waals surface area contributed by atoms with Crippen LogP contribution in [0.1, 0.15) is 26.3 Å². The SMILES string of the molecule is CC(C)n1c(=O)c(-c2nc(S(=O)(=O)c3ccccc3)cn2C)cc2cnc(Nc3ccc(NC4CCN(C)C4)cc3)nc21. The first-order valence-corrected chi connectivity index (χ1v) is 15.7. The molecule has 1 unspecified atom stereocenters. The van der Waals surface area contributed by atoms with Crippen molar-refractivity contribution in [3.63, 3.8) is 0 Å². The molecule has 3 aromatic heterocycles. The highest BCUT2D eigenvalue weighted by Crippen LogP contribution is 2.27. The zero-order valence-electron chi connectivity index (χ0n) is 24.5. The van der Waals surface area contributed by atoms with E-state index in [2.05, 4.69) is 32.5 Å². The van der Waals surface area contributed by atoms with Crippen molar-refractivity contribution in [3.05, 3.63) is 83.4 Å². The van der Waals surface area contributed by atoms with E-state index in [4.69, 9.17) is 4.98 Å². The van der Waals surface area contributed by atoms with Crippen LogP contribution >= 0.6 is 0 Å². The Balaban J connectivity index is 1.31. The van der Waals surface area contributed by atoms with Crippen LogP contribution in [0, 0.1) is 0 Å². The van der Waals surface area contributed by atoms with Gasteiger partial charge in [-0.1, -0.05) is 18.2 Å². The minimum absolute atomic E-state index is 0.126. The third-order valence-corrected chi connectivity index (χ3v) is 9.26. The molecular weight excluding hydrogens is 564 g/mol. The number of rotatable bonds is 8. The van der Waals surface area contributed by atoms with Gasteiger partial charge in [0.25, 0.3) is 5.56 Å². The van der Waals surface area contributed by atoms with Gasteiger partial charge >= 0.3 is 0 Å². The van der Waals surface area contributed by atoms with E-state index in [9.17, 15) is 13.2 Å². The largest absolute Gasteiger partial charge is 0.381 e. The van der Waals surface area contributed by atoms with Gasteiger partial charge in [-0.2, -0.15) is 4.98 Å². The van der Waals surface area contributed by atoms with Crippen LogP contribution in [0.25, 0.3) is 22.4 Å². The molecule has 0 amide bonds. The Morgan fingerprint density at radius 2 is 1.70 bits per heavy atom. The number of likely N-dealkylation sites (N-methyl/N-ethyl adjacent to an activating group) is 1. The molecular formula is C31H34N8O3S. The summed E-state index contributed by atoms with van der Waals surface area (Å²) in [6.07, 6.45) is 4.20. The highest BCUT2D eigenvalue weighted by Gasteiger charge is 2.25. The van der Waals surface area contributed by atoms with Gasteiger partial charge in [0.05, 0.1) is 10.5 Å². The first-order chi connectivity index (χ1) is 20.6. The van der Waals surface area contributed by atoms with Crippen LogP contribution in [0.15, 0.2) is 87.8 Å². The lowest BCUT2D eigenvalue weighted by atomic mass is 10.2. The maximum absolute atomic E-state index is 13.8. The number of anilines is 3. The second kappa shape index (κ2) is 11.3. The van der Waals surface area contributed by atoms with E-state index >= 15 is 0 Å². The summed E-state index contributed by atoms with van der Waals surface area (Å²) in [4.78, 5) is 29.9. The van der Waals surface area contributed by atoms with Gasteiger partial charge in [-0.05, 0) is 76.3 Å². The van der Waals surface area contributed by atoms with E-state index in [0.717, 1.165) is 30.9 Å². The Labute approximate surface area is 250 Å². The molecule has 6 rings (SSSR count). The van der Waals surface area contributed by atoms with E-state index in [1.807, 2.05) is 38.1 Å². The predicted molar refractivity (Wildman–Crippen MR) is 168 cm³/mol. The van der Waals surface area contributed by atoms with Crippen LogP contribution in [-0.2, 0) is 16.9 Å². The number of fused-ring (bicyclic) bond motifs is 1. The number of benzene rings is 2. The lowest BCUT2D eigenvalue weighted by Gasteiger charge is -2.16. The molecule has 0 bridgehead atoms. The summed E-state index contributed by atoms with van der Waals surface area (Å²) in [6, 6.07) is 18.0. The maximum Gasteiger partial charge on any atom is 0.263 e. The van der Waals surface area contributed by atoms with Crippen molar-refractivity contribution in [3.8, 4) is 11.4 Å². The second-order valence-corrected chi connectivity index (χ2v) is 13.1. The average Bonchev–Trinajstić information content (AvgIpc) is 3.59. The summed E-state index contributed by atoms with van der Waals surface area (Å²) in [7, 11) is -0.0529. The van der Waals surface area contributed by atoms with Gasteiger partial charge in [0.15, 0.2) is 5.03 Å². The summed E-state index contributed by atoms with van der Waals surface area (Å²) >= 11 is 0. The van der Waals surface area contributed by atoms with E-state index in [-0.39, 0.29) is 32.9 Å². The first kappa shape index (κ1) is 28.6. The second-order valence-electron chi connectivity index (χ2n) is 11.2. The van der Waals surface area contributed by atoms with Crippen LogP contribution in [0.3, 0.4) is 0 Å². The minimum Gasteiger partial charge on any atom is -0.381 e. The number of aromatic nitrogens is 5. The molecule has 5 aromatic rings. The monoisotopic (exact) mass is 598 g/mol. The Bertz CT molecular complexity index is 1950. The molecule has 2 aromatic carbocycles. The topological polar surface area (TPSA) is 127 Å². The van der Waals surface area contributed by atoms with Crippen molar-refractivity contribution >= 4 is 38.2 Å². The summed E-state index contributed by atoms with van der Waals surface area (Å²) in [5.74, 6) is 0.608. The molecule has 1 saturated heterocycles. The Morgan fingerprint density at radius 3 is 2.37 bits per heavy atom.